The molecule has 0 saturated heterocycles. The lowest BCUT2D eigenvalue weighted by Gasteiger charge is -2.29. The van der Waals surface area contributed by atoms with Crippen molar-refractivity contribution >= 4 is 53.0 Å². The molecule has 3 N–H and O–H groups in total. The Balaban J connectivity index is 1.91. The van der Waals surface area contributed by atoms with E-state index in [2.05, 4.69) is 10.6 Å². The Morgan fingerprint density at radius 3 is 2.33 bits per heavy atom. The summed E-state index contributed by atoms with van der Waals surface area (Å²) in [7, 11) is 1.34. The fourth-order valence-corrected chi connectivity index (χ4v) is 4.13. The number of hydrogen-bond acceptors (Lipinski definition) is 8. The van der Waals surface area contributed by atoms with E-state index < -0.39 is 67.0 Å². The highest BCUT2D eigenvalue weighted by molar-refractivity contribution is 6.43. The largest absolute Gasteiger partial charge is 0.496 e. The number of amides is 4. The number of carboxylic acids is 1. The van der Waals surface area contributed by atoms with Gasteiger partial charge in [-0.05, 0) is 24.3 Å². The van der Waals surface area contributed by atoms with Crippen LogP contribution in [0.1, 0.15) is 30.1 Å². The fraction of sp³-hybridized carbons (Fsp3) is 0.269. The molecule has 0 unspecified atom stereocenters. The average Bonchev–Trinajstić information content (AvgIpc) is 3.01. The summed E-state index contributed by atoms with van der Waals surface area (Å²) < 4.78 is 5.14. The molecule has 1 aliphatic rings. The first kappa shape index (κ1) is 28.5. The first-order chi connectivity index (χ1) is 18.6. The Bertz CT molecular complexity index is 1330. The van der Waals surface area contributed by atoms with Crippen molar-refractivity contribution in [3.05, 3.63) is 54.1 Å². The lowest BCUT2D eigenvalue weighted by molar-refractivity contribution is -0.139. The molecular weight excluding hydrogens is 512 g/mol. The second kappa shape index (κ2) is 12.4. The Labute approximate surface area is 222 Å². The number of benzene rings is 2. The quantitative estimate of drug-likeness (QED) is 0.217. The van der Waals surface area contributed by atoms with Crippen LogP contribution in [0, 0.1) is 0 Å². The molecular formula is C26H26N4O9. The number of ether oxygens (including phenoxy) is 1. The van der Waals surface area contributed by atoms with Gasteiger partial charge in [0.1, 0.15) is 24.7 Å². The summed E-state index contributed by atoms with van der Waals surface area (Å²) in [5.41, 5.74) is 0.314. The number of carbonyl (C=O) groups is 7. The van der Waals surface area contributed by atoms with Crippen molar-refractivity contribution in [3.63, 3.8) is 0 Å². The summed E-state index contributed by atoms with van der Waals surface area (Å²) >= 11 is 0. The van der Waals surface area contributed by atoms with Gasteiger partial charge in [-0.1, -0.05) is 24.3 Å². The Morgan fingerprint density at radius 2 is 1.72 bits per heavy atom. The molecule has 2 atom stereocenters. The van der Waals surface area contributed by atoms with Crippen LogP contribution in [-0.2, 0) is 28.8 Å². The number of aldehydes is 1. The third kappa shape index (κ3) is 6.63. The van der Waals surface area contributed by atoms with Crippen molar-refractivity contribution in [1.29, 1.82) is 0 Å². The number of hydrogen-bond donors (Lipinski definition) is 3. The van der Waals surface area contributed by atoms with Crippen LogP contribution in [0.4, 0.5) is 11.4 Å². The summed E-state index contributed by atoms with van der Waals surface area (Å²) in [6.45, 7) is 0.609. The molecule has 0 radical (unpaired) electrons. The van der Waals surface area contributed by atoms with E-state index in [4.69, 9.17) is 9.84 Å². The number of para-hydroxylation sites is 3. The van der Waals surface area contributed by atoms with E-state index in [1.165, 1.54) is 38.3 Å². The highest BCUT2D eigenvalue weighted by Gasteiger charge is 2.37. The molecule has 2 aromatic rings. The summed E-state index contributed by atoms with van der Waals surface area (Å²) in [6.07, 6.45) is -2.16. The lowest BCUT2D eigenvalue weighted by Crippen LogP contribution is -2.53. The zero-order chi connectivity index (χ0) is 28.7. The van der Waals surface area contributed by atoms with Crippen molar-refractivity contribution < 1.29 is 43.4 Å². The number of nitrogens with zero attached hydrogens (tertiary/aromatic N) is 2. The second-order valence-corrected chi connectivity index (χ2v) is 8.49. The molecule has 0 aromatic heterocycles. The molecule has 2 aromatic carbocycles. The van der Waals surface area contributed by atoms with Gasteiger partial charge in [0, 0.05) is 6.92 Å². The lowest BCUT2D eigenvalue weighted by atomic mass is 10.1. The number of carboxylic acid groups (broad SMARTS) is 1. The monoisotopic (exact) mass is 538 g/mol. The van der Waals surface area contributed by atoms with Gasteiger partial charge < -0.3 is 30.2 Å². The van der Waals surface area contributed by atoms with Gasteiger partial charge in [0.15, 0.2) is 0 Å². The predicted octanol–water partition coefficient (Wildman–Crippen LogP) is 0.268. The molecule has 39 heavy (non-hydrogen) atoms. The number of carbonyl (C=O) groups excluding carboxylic acids is 6. The molecule has 204 valence electrons. The highest BCUT2D eigenvalue weighted by Crippen LogP contribution is 2.34. The van der Waals surface area contributed by atoms with Gasteiger partial charge in [0.25, 0.3) is 11.7 Å². The third-order valence-corrected chi connectivity index (χ3v) is 5.81. The summed E-state index contributed by atoms with van der Waals surface area (Å²) in [5, 5.41) is 13.6. The number of aliphatic carboxylic acids is 1. The van der Waals surface area contributed by atoms with Crippen molar-refractivity contribution in [1.82, 2.24) is 10.6 Å². The van der Waals surface area contributed by atoms with Crippen LogP contribution in [0.3, 0.4) is 0 Å². The number of fused-ring (bicyclic) bond motifs is 1. The predicted molar refractivity (Wildman–Crippen MR) is 136 cm³/mol. The molecule has 1 heterocycles. The first-order valence-electron chi connectivity index (χ1n) is 11.7. The number of rotatable bonds is 10. The number of methoxy groups -OCH3 is 1. The molecule has 1 aliphatic heterocycles. The van der Waals surface area contributed by atoms with Crippen molar-refractivity contribution in [2.45, 2.75) is 32.0 Å². The SMILES string of the molecule is COc1ccccc1C(=O)C(=O)N[C@@H]1CC(=O)N(CC(=O)N[C@H](C=O)CC(=O)O)c2ccccc2N1C(C)=O. The van der Waals surface area contributed by atoms with Crippen molar-refractivity contribution in [2.75, 3.05) is 23.5 Å². The minimum atomic E-state index is -1.31. The minimum absolute atomic E-state index is 0.0170. The molecule has 0 bridgehead atoms. The van der Waals surface area contributed by atoms with Crippen LogP contribution < -0.4 is 25.2 Å². The average molecular weight is 539 g/mol. The van der Waals surface area contributed by atoms with Crippen LogP contribution in [-0.4, -0.2) is 72.6 Å². The maximum absolute atomic E-state index is 13.3. The van der Waals surface area contributed by atoms with Gasteiger partial charge in [0.05, 0.1) is 42.9 Å². The molecule has 0 spiro atoms. The smallest absolute Gasteiger partial charge is 0.305 e. The van der Waals surface area contributed by atoms with Crippen LogP contribution in [0.5, 0.6) is 5.75 Å². The van der Waals surface area contributed by atoms with Gasteiger partial charge in [-0.15, -0.1) is 0 Å². The van der Waals surface area contributed by atoms with Crippen LogP contribution in [0.2, 0.25) is 0 Å². The summed E-state index contributed by atoms with van der Waals surface area (Å²) in [4.78, 5) is 88.8. The Hall–Kier alpha value is -5.07. The second-order valence-electron chi connectivity index (χ2n) is 8.49. The van der Waals surface area contributed by atoms with Crippen molar-refractivity contribution in [2.24, 2.45) is 0 Å². The number of anilines is 2. The van der Waals surface area contributed by atoms with Crippen LogP contribution in [0.15, 0.2) is 48.5 Å². The number of nitrogens with one attached hydrogen (secondary N) is 2. The van der Waals surface area contributed by atoms with Gasteiger partial charge in [-0.3, -0.25) is 33.7 Å². The van der Waals surface area contributed by atoms with E-state index in [1.807, 2.05) is 0 Å². The molecule has 0 fully saturated rings. The van der Waals surface area contributed by atoms with Crippen LogP contribution in [0.25, 0.3) is 0 Å². The Morgan fingerprint density at radius 1 is 1.08 bits per heavy atom. The highest BCUT2D eigenvalue weighted by atomic mass is 16.5. The standard InChI is InChI=1S/C26H26N4O9/c1-15(32)30-19-9-5-4-8-18(19)29(13-22(33)27-16(14-31)11-24(35)36)23(34)12-21(30)28-26(38)25(37)17-7-3-6-10-20(17)39-2/h3-10,14,16,21H,11-13H2,1-2H3,(H,27,33)(H,28,38)(H,35,36)/t16-,21-/m0/s1. The van der Waals surface area contributed by atoms with E-state index in [0.29, 0.717) is 0 Å². The zero-order valence-corrected chi connectivity index (χ0v) is 21.1. The van der Waals surface area contributed by atoms with E-state index in [0.717, 1.165) is 9.80 Å². The molecule has 13 heteroatoms. The van der Waals surface area contributed by atoms with Gasteiger partial charge in [-0.2, -0.15) is 0 Å². The number of ketones is 1. The maximum atomic E-state index is 13.3. The van der Waals surface area contributed by atoms with Crippen LogP contribution >= 0.6 is 0 Å². The molecule has 13 nitrogen and oxygen atoms in total. The fourth-order valence-electron chi connectivity index (χ4n) is 4.13. The van der Waals surface area contributed by atoms with Gasteiger partial charge >= 0.3 is 5.97 Å². The van der Waals surface area contributed by atoms with E-state index in [9.17, 15) is 33.6 Å². The normalized spacial score (nSPS) is 15.3. The summed E-state index contributed by atoms with van der Waals surface area (Å²) in [6, 6.07) is 10.9. The van der Waals surface area contributed by atoms with E-state index in [1.54, 1.807) is 24.3 Å². The molecule has 0 saturated carbocycles. The van der Waals surface area contributed by atoms with E-state index >= 15 is 0 Å². The topological polar surface area (TPSA) is 179 Å². The minimum Gasteiger partial charge on any atom is -0.496 e. The van der Waals surface area contributed by atoms with Gasteiger partial charge in [0.2, 0.25) is 17.7 Å². The molecule has 0 aliphatic carbocycles. The maximum Gasteiger partial charge on any atom is 0.305 e. The Kier molecular flexibility index (Phi) is 9.10. The van der Waals surface area contributed by atoms with Crippen molar-refractivity contribution in [3.8, 4) is 5.75 Å². The third-order valence-electron chi connectivity index (χ3n) is 5.81. The summed E-state index contributed by atoms with van der Waals surface area (Å²) in [5.74, 6) is -5.24. The zero-order valence-electron chi connectivity index (χ0n) is 21.1. The number of Topliss-reactive ketones (excluding diaryl/α,β-unsaturated/α-hetero) is 1. The first-order valence-corrected chi connectivity index (χ1v) is 11.7. The molecule has 4 amide bonds. The molecule has 3 rings (SSSR count). The van der Waals surface area contributed by atoms with E-state index in [-0.39, 0.29) is 29.0 Å². The van der Waals surface area contributed by atoms with Gasteiger partial charge in [-0.25, -0.2) is 0 Å².